The van der Waals surface area contributed by atoms with E-state index in [4.69, 9.17) is 0 Å². The van der Waals surface area contributed by atoms with Crippen LogP contribution in [0.4, 0.5) is 5.69 Å². The lowest BCUT2D eigenvalue weighted by Gasteiger charge is -2.29. The normalized spacial score (nSPS) is 18.4. The summed E-state index contributed by atoms with van der Waals surface area (Å²) < 4.78 is 1.42. The maximum absolute atomic E-state index is 13.3. The Bertz CT molecular complexity index is 1150. The van der Waals surface area contributed by atoms with Crippen LogP contribution in [0.2, 0.25) is 0 Å². The van der Waals surface area contributed by atoms with Crippen molar-refractivity contribution in [3.63, 3.8) is 0 Å². The van der Waals surface area contributed by atoms with Crippen LogP contribution in [0.1, 0.15) is 47.4 Å². The first-order valence-corrected chi connectivity index (χ1v) is 10.4. The van der Waals surface area contributed by atoms with Crippen molar-refractivity contribution in [3.05, 3.63) is 53.5 Å². The number of aromatic nitrogens is 4. The summed E-state index contributed by atoms with van der Waals surface area (Å²) in [7, 11) is 1.65. The molecule has 8 nitrogen and oxygen atoms in total. The molecule has 0 radical (unpaired) electrons. The highest BCUT2D eigenvalue weighted by molar-refractivity contribution is 6.03. The quantitative estimate of drug-likeness (QED) is 0.616. The van der Waals surface area contributed by atoms with Crippen LogP contribution in [0.25, 0.3) is 11.3 Å². The van der Waals surface area contributed by atoms with Crippen molar-refractivity contribution in [1.29, 1.82) is 5.26 Å². The minimum Gasteiger partial charge on any atom is -0.322 e. The van der Waals surface area contributed by atoms with Crippen molar-refractivity contribution in [2.75, 3.05) is 5.32 Å². The predicted octanol–water partition coefficient (Wildman–Crippen LogP) is 3.62. The highest BCUT2D eigenvalue weighted by Gasteiger charge is 2.36. The molecule has 1 amide bonds. The van der Waals surface area contributed by atoms with E-state index < -0.39 is 5.92 Å². The number of aromatic amines is 1. The molecular formula is C23H24N6O2. The molecule has 2 atom stereocenters. The molecule has 0 saturated heterocycles. The molecule has 0 bridgehead atoms. The van der Waals surface area contributed by atoms with Crippen LogP contribution in [0.15, 0.2) is 36.5 Å². The largest absolute Gasteiger partial charge is 0.322 e. The van der Waals surface area contributed by atoms with Gasteiger partial charge in [0.25, 0.3) is 0 Å². The summed E-state index contributed by atoms with van der Waals surface area (Å²) in [4.78, 5) is 26.3. The van der Waals surface area contributed by atoms with Gasteiger partial charge in [-0.1, -0.05) is 37.1 Å². The number of Topliss-reactive ketones (excluding diaryl/α,β-unsaturated/α-hetero) is 1. The van der Waals surface area contributed by atoms with Gasteiger partial charge in [-0.2, -0.15) is 15.5 Å². The van der Waals surface area contributed by atoms with Gasteiger partial charge in [0, 0.05) is 35.7 Å². The number of anilines is 1. The molecule has 1 aliphatic carbocycles. The number of carbonyl (C=O) groups is 2. The van der Waals surface area contributed by atoms with Gasteiger partial charge in [0.05, 0.1) is 17.6 Å². The summed E-state index contributed by atoms with van der Waals surface area (Å²) in [5, 5.41) is 23.3. The van der Waals surface area contributed by atoms with Crippen LogP contribution in [-0.4, -0.2) is 31.7 Å². The Morgan fingerprint density at radius 2 is 1.90 bits per heavy atom. The Morgan fingerprint density at radius 1 is 1.19 bits per heavy atom. The number of aryl methyl sites for hydroxylation is 2. The van der Waals surface area contributed by atoms with E-state index >= 15 is 0 Å². The third kappa shape index (κ3) is 4.12. The lowest BCUT2D eigenvalue weighted by molar-refractivity contribution is -0.122. The number of carbonyl (C=O) groups excluding carboxylic acids is 2. The summed E-state index contributed by atoms with van der Waals surface area (Å²) >= 11 is 0. The van der Waals surface area contributed by atoms with E-state index in [1.807, 2.05) is 31.2 Å². The van der Waals surface area contributed by atoms with Crippen molar-refractivity contribution in [2.24, 2.45) is 18.9 Å². The summed E-state index contributed by atoms with van der Waals surface area (Å²) in [6.07, 6.45) is 4.61. The zero-order valence-corrected chi connectivity index (χ0v) is 17.6. The number of hydrogen-bond donors (Lipinski definition) is 2. The number of rotatable bonds is 5. The first-order chi connectivity index (χ1) is 15.0. The van der Waals surface area contributed by atoms with E-state index in [1.54, 1.807) is 19.2 Å². The topological polar surface area (TPSA) is 116 Å². The summed E-state index contributed by atoms with van der Waals surface area (Å²) in [5.74, 6) is -1.06. The zero-order chi connectivity index (χ0) is 22.0. The van der Waals surface area contributed by atoms with Gasteiger partial charge in [-0.3, -0.25) is 19.4 Å². The molecule has 1 aromatic carbocycles. The first-order valence-electron chi connectivity index (χ1n) is 10.4. The number of hydrogen-bond acceptors (Lipinski definition) is 5. The second-order valence-corrected chi connectivity index (χ2v) is 8.01. The average Bonchev–Trinajstić information content (AvgIpc) is 3.38. The Morgan fingerprint density at radius 3 is 2.55 bits per heavy atom. The number of H-pyrrole nitrogens is 1. The van der Waals surface area contributed by atoms with E-state index in [1.165, 1.54) is 10.9 Å². The lowest BCUT2D eigenvalue weighted by atomic mass is 9.75. The molecule has 31 heavy (non-hydrogen) atoms. The van der Waals surface area contributed by atoms with Crippen molar-refractivity contribution in [1.82, 2.24) is 20.0 Å². The van der Waals surface area contributed by atoms with Crippen molar-refractivity contribution < 1.29 is 9.59 Å². The average molecular weight is 416 g/mol. The van der Waals surface area contributed by atoms with Crippen LogP contribution in [-0.2, 0) is 11.8 Å². The molecule has 2 N–H and O–H groups in total. The molecule has 158 valence electrons. The van der Waals surface area contributed by atoms with Gasteiger partial charge in [0.1, 0.15) is 6.07 Å². The van der Waals surface area contributed by atoms with E-state index in [0.29, 0.717) is 24.1 Å². The molecular weight excluding hydrogens is 392 g/mol. The number of ketones is 1. The van der Waals surface area contributed by atoms with Crippen molar-refractivity contribution in [2.45, 2.75) is 32.6 Å². The zero-order valence-electron chi connectivity index (χ0n) is 17.6. The molecule has 8 heteroatoms. The molecule has 1 saturated carbocycles. The van der Waals surface area contributed by atoms with E-state index in [9.17, 15) is 14.9 Å². The van der Waals surface area contributed by atoms with Crippen LogP contribution < -0.4 is 5.32 Å². The monoisotopic (exact) mass is 416 g/mol. The highest BCUT2D eigenvalue weighted by Crippen LogP contribution is 2.34. The van der Waals surface area contributed by atoms with Gasteiger partial charge >= 0.3 is 0 Å². The molecule has 0 spiro atoms. The fraction of sp³-hybridized carbons (Fsp3) is 0.348. The summed E-state index contributed by atoms with van der Waals surface area (Å²) in [5.41, 5.74) is 4.00. The fourth-order valence-corrected chi connectivity index (χ4v) is 4.23. The van der Waals surface area contributed by atoms with Crippen molar-refractivity contribution in [3.8, 4) is 17.3 Å². The SMILES string of the molecule is Cc1cc(-c2ccc(C(=O)[C@H]3CCCC[C@@H]3C(=O)Nc3cnn(C)c3C#N)cc2)n[nH]1. The van der Waals surface area contributed by atoms with E-state index in [0.717, 1.165) is 29.8 Å². The lowest BCUT2D eigenvalue weighted by Crippen LogP contribution is -2.36. The predicted molar refractivity (Wildman–Crippen MR) is 115 cm³/mol. The molecule has 0 unspecified atom stereocenters. The van der Waals surface area contributed by atoms with Gasteiger partial charge < -0.3 is 5.32 Å². The second-order valence-electron chi connectivity index (χ2n) is 8.01. The number of benzene rings is 1. The highest BCUT2D eigenvalue weighted by atomic mass is 16.2. The van der Waals surface area contributed by atoms with Crippen molar-refractivity contribution >= 4 is 17.4 Å². The Labute approximate surface area is 180 Å². The van der Waals surface area contributed by atoms with Gasteiger partial charge in [-0.15, -0.1) is 0 Å². The van der Waals surface area contributed by atoms with Gasteiger partial charge in [0.2, 0.25) is 5.91 Å². The van der Waals surface area contributed by atoms with Gasteiger partial charge in [-0.25, -0.2) is 0 Å². The van der Waals surface area contributed by atoms with Crippen LogP contribution in [0.3, 0.4) is 0 Å². The fourth-order valence-electron chi connectivity index (χ4n) is 4.23. The first kappa shape index (κ1) is 20.5. The Hall–Kier alpha value is -3.73. The maximum Gasteiger partial charge on any atom is 0.228 e. The summed E-state index contributed by atoms with van der Waals surface area (Å²) in [6, 6.07) is 11.4. The molecule has 4 rings (SSSR count). The second kappa shape index (κ2) is 8.56. The van der Waals surface area contributed by atoms with Crippen LogP contribution >= 0.6 is 0 Å². The number of amides is 1. The third-order valence-electron chi connectivity index (χ3n) is 5.91. The number of nitriles is 1. The molecule has 1 fully saturated rings. The van der Waals surface area contributed by atoms with Gasteiger partial charge in [-0.05, 0) is 25.8 Å². The van der Waals surface area contributed by atoms with Gasteiger partial charge in [0.15, 0.2) is 11.5 Å². The standard InChI is InChI=1S/C23H24N6O2/c1-14-11-19(28-27-14)15-7-9-16(10-8-15)22(30)17-5-3-4-6-18(17)23(31)26-20-13-25-29(2)21(20)12-24/h7-11,13,17-18H,3-6H2,1-2H3,(H,26,31)(H,27,28)/t17-,18-/m0/s1. The Kier molecular flexibility index (Phi) is 5.67. The number of nitrogens with one attached hydrogen (secondary N) is 2. The van der Waals surface area contributed by atoms with Crippen LogP contribution in [0.5, 0.6) is 0 Å². The Balaban J connectivity index is 1.52. The molecule has 3 aromatic rings. The molecule has 2 heterocycles. The van der Waals surface area contributed by atoms with E-state index in [2.05, 4.69) is 20.6 Å². The summed E-state index contributed by atoms with van der Waals surface area (Å²) in [6.45, 7) is 1.94. The smallest absolute Gasteiger partial charge is 0.228 e. The molecule has 1 aliphatic rings. The van der Waals surface area contributed by atoms with E-state index in [-0.39, 0.29) is 23.3 Å². The van der Waals surface area contributed by atoms with Crippen LogP contribution in [0, 0.1) is 30.1 Å². The minimum absolute atomic E-state index is 0.0173. The number of nitrogens with zero attached hydrogens (tertiary/aromatic N) is 4. The molecule has 0 aliphatic heterocycles. The third-order valence-corrected chi connectivity index (χ3v) is 5.91. The minimum atomic E-state index is -0.429. The maximum atomic E-state index is 13.3. The molecule has 2 aromatic heterocycles.